The monoisotopic (exact) mass is 511 g/mol. The van der Waals surface area contributed by atoms with Gasteiger partial charge in [-0.1, -0.05) is 0 Å². The molecule has 36 heavy (non-hydrogen) atoms. The van der Waals surface area contributed by atoms with Crippen molar-refractivity contribution in [3.63, 3.8) is 0 Å². The molecule has 4 rings (SSSR count). The number of nitrogens with zero attached hydrogens (tertiary/aromatic N) is 4. The summed E-state index contributed by atoms with van der Waals surface area (Å²) < 4.78 is 7.95. The predicted molar refractivity (Wildman–Crippen MR) is 134 cm³/mol. The molecule has 12 nitrogen and oxygen atoms in total. The average molecular weight is 512 g/mol. The molecule has 0 aliphatic carbocycles. The first-order chi connectivity index (χ1) is 17.1. The number of aryl methyl sites for hydroxylation is 2. The van der Waals surface area contributed by atoms with Gasteiger partial charge in [-0.05, 0) is 55.1 Å². The lowest BCUT2D eigenvalue weighted by atomic mass is 10.1. The molecule has 1 aromatic heterocycles. The van der Waals surface area contributed by atoms with Crippen LogP contribution in [0, 0.1) is 10.1 Å². The van der Waals surface area contributed by atoms with E-state index in [0.29, 0.717) is 40.8 Å². The number of amides is 3. The van der Waals surface area contributed by atoms with Crippen molar-refractivity contribution in [1.82, 2.24) is 14.0 Å². The minimum atomic E-state index is -0.747. The highest BCUT2D eigenvalue weighted by Gasteiger charge is 2.37. The second-order valence-electron chi connectivity index (χ2n) is 7.83. The SMILES string of the molecule is CCOc1ccc(NC(=O)CN2C(=O)S/C(=C\c3cc4c(cc3[N+](=O)[O-])n(C)c(=O)n4C)C2=O)cc1. The first-order valence-corrected chi connectivity index (χ1v) is 11.5. The maximum atomic E-state index is 12.9. The van der Waals surface area contributed by atoms with E-state index in [2.05, 4.69) is 5.32 Å². The summed E-state index contributed by atoms with van der Waals surface area (Å²) in [4.78, 5) is 61.8. The first-order valence-electron chi connectivity index (χ1n) is 10.7. The molecule has 186 valence electrons. The number of aromatic nitrogens is 2. The van der Waals surface area contributed by atoms with Gasteiger partial charge in [0.1, 0.15) is 12.3 Å². The standard InChI is InChI=1S/C23H21N5O7S/c1-4-35-15-7-5-14(6-8-15)24-20(29)12-27-21(30)19(36-23(27)32)10-13-9-17-18(11-16(13)28(33)34)26(3)22(31)25(17)2/h5-11H,4,12H2,1-3H3,(H,24,29)/b19-10-. The van der Waals surface area contributed by atoms with Crippen molar-refractivity contribution in [2.75, 3.05) is 18.5 Å². The summed E-state index contributed by atoms with van der Waals surface area (Å²) in [7, 11) is 3.02. The van der Waals surface area contributed by atoms with E-state index in [1.54, 1.807) is 24.3 Å². The predicted octanol–water partition coefficient (Wildman–Crippen LogP) is 2.86. The van der Waals surface area contributed by atoms with E-state index >= 15 is 0 Å². The Morgan fingerprint density at radius 2 is 1.75 bits per heavy atom. The number of carbonyl (C=O) groups is 3. The molecular weight excluding hydrogens is 490 g/mol. The number of imidazole rings is 1. The Balaban J connectivity index is 1.57. The number of imide groups is 1. The fourth-order valence-electron chi connectivity index (χ4n) is 3.75. The summed E-state index contributed by atoms with van der Waals surface area (Å²) in [6.07, 6.45) is 1.23. The number of benzene rings is 2. The van der Waals surface area contributed by atoms with Gasteiger partial charge in [-0.25, -0.2) is 4.79 Å². The van der Waals surface area contributed by atoms with E-state index < -0.39 is 28.5 Å². The Labute approximate surface area is 208 Å². The molecule has 1 N–H and O–H groups in total. The largest absolute Gasteiger partial charge is 0.494 e. The second kappa shape index (κ2) is 9.70. The third-order valence-electron chi connectivity index (χ3n) is 5.53. The van der Waals surface area contributed by atoms with Gasteiger partial charge in [0, 0.05) is 25.8 Å². The number of fused-ring (bicyclic) bond motifs is 1. The minimum Gasteiger partial charge on any atom is -0.494 e. The molecule has 1 aliphatic rings. The summed E-state index contributed by atoms with van der Waals surface area (Å²) in [6, 6.07) is 9.27. The minimum absolute atomic E-state index is 0.0537. The van der Waals surface area contributed by atoms with Crippen LogP contribution in [0.4, 0.5) is 16.2 Å². The van der Waals surface area contributed by atoms with Crippen molar-refractivity contribution in [3.8, 4) is 5.75 Å². The van der Waals surface area contributed by atoms with E-state index in [4.69, 9.17) is 4.74 Å². The lowest BCUT2D eigenvalue weighted by Gasteiger charge is -2.12. The lowest BCUT2D eigenvalue weighted by molar-refractivity contribution is -0.385. The third-order valence-corrected chi connectivity index (χ3v) is 6.44. The maximum Gasteiger partial charge on any atom is 0.328 e. The van der Waals surface area contributed by atoms with Gasteiger partial charge in [0.05, 0.1) is 33.0 Å². The Morgan fingerprint density at radius 3 is 2.36 bits per heavy atom. The number of nitro groups is 1. The van der Waals surface area contributed by atoms with Crippen LogP contribution in [0.25, 0.3) is 17.1 Å². The van der Waals surface area contributed by atoms with Gasteiger partial charge < -0.3 is 10.1 Å². The summed E-state index contributed by atoms with van der Waals surface area (Å²) in [6.45, 7) is 1.82. The number of thioether (sulfide) groups is 1. The van der Waals surface area contributed by atoms with Crippen molar-refractivity contribution < 1.29 is 24.0 Å². The van der Waals surface area contributed by atoms with E-state index in [1.807, 2.05) is 6.92 Å². The van der Waals surface area contributed by atoms with Crippen molar-refractivity contribution in [2.45, 2.75) is 6.92 Å². The maximum absolute atomic E-state index is 12.9. The quantitative estimate of drug-likeness (QED) is 0.289. The Bertz CT molecular complexity index is 1500. The number of anilines is 1. The second-order valence-corrected chi connectivity index (χ2v) is 8.82. The average Bonchev–Trinajstić information content (AvgIpc) is 3.22. The molecule has 0 radical (unpaired) electrons. The topological polar surface area (TPSA) is 146 Å². The normalized spacial score (nSPS) is 14.6. The summed E-state index contributed by atoms with van der Waals surface area (Å²) in [5, 5.41) is 13.6. The van der Waals surface area contributed by atoms with Gasteiger partial charge in [-0.3, -0.25) is 38.5 Å². The van der Waals surface area contributed by atoms with E-state index in [-0.39, 0.29) is 21.8 Å². The van der Waals surface area contributed by atoms with Gasteiger partial charge >= 0.3 is 5.69 Å². The van der Waals surface area contributed by atoms with E-state index in [9.17, 15) is 29.3 Å². The molecule has 3 amide bonds. The van der Waals surface area contributed by atoms with Crippen LogP contribution in [0.15, 0.2) is 46.1 Å². The number of carbonyl (C=O) groups excluding carboxylic acids is 3. The molecule has 0 bridgehead atoms. The van der Waals surface area contributed by atoms with Gasteiger partial charge in [0.25, 0.3) is 16.8 Å². The summed E-state index contributed by atoms with van der Waals surface area (Å²) >= 11 is 0.576. The number of rotatable bonds is 7. The zero-order valence-electron chi connectivity index (χ0n) is 19.5. The van der Waals surface area contributed by atoms with Crippen LogP contribution in [-0.4, -0.2) is 49.2 Å². The highest BCUT2D eigenvalue weighted by atomic mass is 32.2. The molecule has 1 aliphatic heterocycles. The van der Waals surface area contributed by atoms with E-state index in [1.165, 1.54) is 41.4 Å². The van der Waals surface area contributed by atoms with Gasteiger partial charge in [-0.2, -0.15) is 0 Å². The molecule has 3 aromatic rings. The van der Waals surface area contributed by atoms with Crippen molar-refractivity contribution >= 4 is 57.3 Å². The van der Waals surface area contributed by atoms with Crippen LogP contribution < -0.4 is 15.7 Å². The van der Waals surface area contributed by atoms with Gasteiger partial charge in [-0.15, -0.1) is 0 Å². The molecule has 0 spiro atoms. The zero-order valence-corrected chi connectivity index (χ0v) is 20.3. The fraction of sp³-hybridized carbons (Fsp3) is 0.217. The third kappa shape index (κ3) is 4.60. The molecule has 1 saturated heterocycles. The van der Waals surface area contributed by atoms with Crippen LogP contribution in [0.2, 0.25) is 0 Å². The molecule has 2 aromatic carbocycles. The molecule has 13 heteroatoms. The number of hydrogen-bond donors (Lipinski definition) is 1. The molecule has 2 heterocycles. The highest BCUT2D eigenvalue weighted by Crippen LogP contribution is 2.35. The number of nitrogens with one attached hydrogen (secondary N) is 1. The summed E-state index contributed by atoms with van der Waals surface area (Å²) in [5.41, 5.74) is 0.596. The first kappa shape index (κ1) is 24.7. The number of nitro benzene ring substituents is 1. The van der Waals surface area contributed by atoms with Crippen molar-refractivity contribution in [3.05, 3.63) is 67.5 Å². The fourth-order valence-corrected chi connectivity index (χ4v) is 4.58. The molecule has 0 saturated carbocycles. The van der Waals surface area contributed by atoms with Crippen LogP contribution in [-0.2, 0) is 23.7 Å². The smallest absolute Gasteiger partial charge is 0.328 e. The Morgan fingerprint density at radius 1 is 1.11 bits per heavy atom. The van der Waals surface area contributed by atoms with Crippen molar-refractivity contribution in [1.29, 1.82) is 0 Å². The van der Waals surface area contributed by atoms with Gasteiger partial charge in [0.2, 0.25) is 5.91 Å². The van der Waals surface area contributed by atoms with Crippen LogP contribution in [0.5, 0.6) is 5.75 Å². The molecular formula is C23H21N5O7S. The van der Waals surface area contributed by atoms with Crippen molar-refractivity contribution in [2.24, 2.45) is 14.1 Å². The lowest BCUT2D eigenvalue weighted by Crippen LogP contribution is -2.36. The summed E-state index contributed by atoms with van der Waals surface area (Å²) in [5.74, 6) is -0.702. The zero-order chi connectivity index (χ0) is 26.1. The molecule has 0 unspecified atom stereocenters. The molecule has 0 atom stereocenters. The van der Waals surface area contributed by atoms with Gasteiger partial charge in [0.15, 0.2) is 0 Å². The van der Waals surface area contributed by atoms with Crippen LogP contribution >= 0.6 is 11.8 Å². The van der Waals surface area contributed by atoms with E-state index in [0.717, 1.165) is 4.90 Å². The molecule has 1 fully saturated rings. The highest BCUT2D eigenvalue weighted by molar-refractivity contribution is 8.18. The Hall–Kier alpha value is -4.39. The Kier molecular flexibility index (Phi) is 6.66. The van der Waals surface area contributed by atoms with Crippen LogP contribution in [0.3, 0.4) is 0 Å². The number of ether oxygens (including phenoxy) is 1. The van der Waals surface area contributed by atoms with Crippen LogP contribution in [0.1, 0.15) is 12.5 Å². The number of hydrogen-bond acceptors (Lipinski definition) is 8.